The molecule has 0 saturated heterocycles. The second-order valence-corrected chi connectivity index (χ2v) is 7.00. The van der Waals surface area contributed by atoms with Gasteiger partial charge in [0.25, 0.3) is 0 Å². The van der Waals surface area contributed by atoms with E-state index in [-0.39, 0.29) is 17.9 Å². The van der Waals surface area contributed by atoms with E-state index < -0.39 is 0 Å². The van der Waals surface area contributed by atoms with E-state index >= 15 is 0 Å². The number of anilines is 1. The molecule has 0 bridgehead atoms. The lowest BCUT2D eigenvalue weighted by molar-refractivity contribution is -0.125. The van der Waals surface area contributed by atoms with Crippen molar-refractivity contribution >= 4 is 29.0 Å². The fourth-order valence-electron chi connectivity index (χ4n) is 3.45. The van der Waals surface area contributed by atoms with Crippen LogP contribution in [0.15, 0.2) is 48.5 Å². The molecule has 0 amide bonds. The number of esters is 1. The molecule has 2 atom stereocenters. The Morgan fingerprint density at radius 3 is 2.42 bits per heavy atom. The molecule has 4 nitrogen and oxygen atoms in total. The highest BCUT2D eigenvalue weighted by Gasteiger charge is 2.31. The predicted octanol–water partition coefficient (Wildman–Crippen LogP) is 5.04. The molecule has 2 aromatic carbocycles. The predicted molar refractivity (Wildman–Crippen MR) is 103 cm³/mol. The Kier molecular flexibility index (Phi) is 5.94. The number of carbonyl (C=O) groups excluding carboxylic acids is 2. The monoisotopic (exact) mass is 371 g/mol. The number of Topliss-reactive ketones (excluding diaryl/α,β-unsaturated/α-hetero) is 1. The molecule has 26 heavy (non-hydrogen) atoms. The first kappa shape index (κ1) is 18.5. The van der Waals surface area contributed by atoms with Crippen LogP contribution in [-0.4, -0.2) is 18.9 Å². The van der Waals surface area contributed by atoms with E-state index in [1.165, 1.54) is 7.11 Å². The van der Waals surface area contributed by atoms with Crippen molar-refractivity contribution in [3.8, 4) is 0 Å². The summed E-state index contributed by atoms with van der Waals surface area (Å²) in [6.45, 7) is 0. The van der Waals surface area contributed by atoms with Crippen LogP contribution in [0.4, 0.5) is 5.69 Å². The first-order chi connectivity index (χ1) is 12.6. The van der Waals surface area contributed by atoms with Crippen molar-refractivity contribution in [1.82, 2.24) is 0 Å². The summed E-state index contributed by atoms with van der Waals surface area (Å²) in [6, 6.07) is 14.6. The third-order valence-electron chi connectivity index (χ3n) is 4.86. The molecule has 1 unspecified atom stereocenters. The number of ketones is 1. The van der Waals surface area contributed by atoms with Crippen LogP contribution in [0, 0.1) is 5.92 Å². The minimum atomic E-state index is -0.368. The second-order valence-electron chi connectivity index (χ2n) is 6.56. The average Bonchev–Trinajstić information content (AvgIpc) is 2.68. The van der Waals surface area contributed by atoms with Crippen molar-refractivity contribution in [2.45, 2.75) is 31.7 Å². The summed E-state index contributed by atoms with van der Waals surface area (Å²) in [4.78, 5) is 24.2. The van der Waals surface area contributed by atoms with Gasteiger partial charge in [0.05, 0.1) is 18.7 Å². The SMILES string of the molecule is COC(=O)c1ccc([C@@H](Nc2ccc(Cl)cc2)C2CCCCC2=O)cc1. The number of methoxy groups -OCH3 is 1. The van der Waals surface area contributed by atoms with E-state index in [1.807, 2.05) is 36.4 Å². The molecule has 1 N–H and O–H groups in total. The van der Waals surface area contributed by atoms with Crippen LogP contribution in [0.5, 0.6) is 0 Å². The lowest BCUT2D eigenvalue weighted by Crippen LogP contribution is -2.30. The Bertz CT molecular complexity index is 771. The van der Waals surface area contributed by atoms with Gasteiger partial charge in [0.15, 0.2) is 0 Å². The number of carbonyl (C=O) groups is 2. The Morgan fingerprint density at radius 1 is 1.12 bits per heavy atom. The van der Waals surface area contributed by atoms with E-state index in [2.05, 4.69) is 5.32 Å². The van der Waals surface area contributed by atoms with E-state index in [4.69, 9.17) is 16.3 Å². The summed E-state index contributed by atoms with van der Waals surface area (Å²) in [5.41, 5.74) is 2.39. The molecule has 0 radical (unpaired) electrons. The van der Waals surface area contributed by atoms with E-state index in [9.17, 15) is 9.59 Å². The third-order valence-corrected chi connectivity index (χ3v) is 5.11. The fourth-order valence-corrected chi connectivity index (χ4v) is 3.57. The van der Waals surface area contributed by atoms with Gasteiger partial charge in [0.2, 0.25) is 0 Å². The zero-order chi connectivity index (χ0) is 18.5. The Hall–Kier alpha value is -2.33. The zero-order valence-corrected chi connectivity index (χ0v) is 15.5. The minimum absolute atomic E-state index is 0.0802. The number of hydrogen-bond donors (Lipinski definition) is 1. The van der Waals surface area contributed by atoms with Gasteiger partial charge in [-0.1, -0.05) is 30.2 Å². The average molecular weight is 372 g/mol. The second kappa shape index (κ2) is 8.37. The molecule has 0 aliphatic heterocycles. The molecule has 1 aliphatic carbocycles. The largest absolute Gasteiger partial charge is 0.465 e. The molecule has 3 rings (SSSR count). The van der Waals surface area contributed by atoms with Crippen LogP contribution in [0.1, 0.15) is 47.6 Å². The van der Waals surface area contributed by atoms with Gasteiger partial charge >= 0.3 is 5.97 Å². The maximum Gasteiger partial charge on any atom is 0.337 e. The summed E-state index contributed by atoms with van der Waals surface area (Å²) in [6.07, 6.45) is 3.51. The van der Waals surface area contributed by atoms with E-state index in [0.717, 1.165) is 30.5 Å². The lowest BCUT2D eigenvalue weighted by atomic mass is 9.80. The van der Waals surface area contributed by atoms with Crippen molar-refractivity contribution in [3.05, 3.63) is 64.7 Å². The molecular formula is C21H22ClNO3. The van der Waals surface area contributed by atoms with Crippen molar-refractivity contribution < 1.29 is 14.3 Å². The van der Waals surface area contributed by atoms with Crippen LogP contribution in [0.25, 0.3) is 0 Å². The first-order valence-corrected chi connectivity index (χ1v) is 9.19. The van der Waals surface area contributed by atoms with Crippen LogP contribution >= 0.6 is 11.6 Å². The van der Waals surface area contributed by atoms with Gasteiger partial charge in [-0.25, -0.2) is 4.79 Å². The van der Waals surface area contributed by atoms with Crippen molar-refractivity contribution in [3.63, 3.8) is 0 Å². The number of halogens is 1. The number of rotatable bonds is 5. The maximum atomic E-state index is 12.5. The van der Waals surface area contributed by atoms with Gasteiger partial charge < -0.3 is 10.1 Å². The standard InChI is InChI=1S/C21H22ClNO3/c1-26-21(25)15-8-6-14(7-9-15)20(18-4-2-3-5-19(18)24)23-17-12-10-16(22)11-13-17/h6-13,18,20,23H,2-5H2,1H3/t18?,20-/m1/s1. The van der Waals surface area contributed by atoms with Gasteiger partial charge in [-0.3, -0.25) is 4.79 Å². The molecule has 1 fully saturated rings. The Balaban J connectivity index is 1.90. The quantitative estimate of drug-likeness (QED) is 0.748. The van der Waals surface area contributed by atoms with Gasteiger partial charge in [-0.15, -0.1) is 0 Å². The summed E-state index contributed by atoms with van der Waals surface area (Å²) >= 11 is 5.97. The first-order valence-electron chi connectivity index (χ1n) is 8.81. The topological polar surface area (TPSA) is 55.4 Å². The van der Waals surface area contributed by atoms with Crippen molar-refractivity contribution in [2.24, 2.45) is 5.92 Å². The minimum Gasteiger partial charge on any atom is -0.465 e. The van der Waals surface area contributed by atoms with Gasteiger partial charge in [-0.2, -0.15) is 0 Å². The molecule has 136 valence electrons. The third kappa shape index (κ3) is 4.25. The fraction of sp³-hybridized carbons (Fsp3) is 0.333. The van der Waals surface area contributed by atoms with Crippen LogP contribution in [0.2, 0.25) is 5.02 Å². The molecule has 0 spiro atoms. The normalized spacial score (nSPS) is 18.2. The molecular weight excluding hydrogens is 350 g/mol. The zero-order valence-electron chi connectivity index (χ0n) is 14.7. The molecule has 2 aromatic rings. The number of hydrogen-bond acceptors (Lipinski definition) is 4. The van der Waals surface area contributed by atoms with Gasteiger partial charge in [-0.05, 0) is 54.8 Å². The highest BCUT2D eigenvalue weighted by atomic mass is 35.5. The van der Waals surface area contributed by atoms with Crippen LogP contribution in [0.3, 0.4) is 0 Å². The molecule has 1 aliphatic rings. The number of nitrogens with one attached hydrogen (secondary N) is 1. The van der Waals surface area contributed by atoms with Crippen molar-refractivity contribution in [2.75, 3.05) is 12.4 Å². The van der Waals surface area contributed by atoms with Crippen molar-refractivity contribution in [1.29, 1.82) is 0 Å². The van der Waals surface area contributed by atoms with Gasteiger partial charge in [0, 0.05) is 23.0 Å². The smallest absolute Gasteiger partial charge is 0.337 e. The summed E-state index contributed by atoms with van der Waals surface area (Å²) in [7, 11) is 1.36. The molecule has 0 heterocycles. The highest BCUT2D eigenvalue weighted by molar-refractivity contribution is 6.30. The van der Waals surface area contributed by atoms with E-state index in [0.29, 0.717) is 22.8 Å². The lowest BCUT2D eigenvalue weighted by Gasteiger charge is -2.31. The van der Waals surface area contributed by atoms with E-state index in [1.54, 1.807) is 12.1 Å². The highest BCUT2D eigenvalue weighted by Crippen LogP contribution is 2.35. The maximum absolute atomic E-state index is 12.5. The Labute approximate surface area is 158 Å². The number of benzene rings is 2. The van der Waals surface area contributed by atoms with Gasteiger partial charge in [0.1, 0.15) is 5.78 Å². The Morgan fingerprint density at radius 2 is 1.81 bits per heavy atom. The summed E-state index contributed by atoms with van der Waals surface area (Å²) in [5, 5.41) is 4.16. The molecule has 1 saturated carbocycles. The summed E-state index contributed by atoms with van der Waals surface area (Å²) < 4.78 is 4.76. The summed E-state index contributed by atoms with van der Waals surface area (Å²) in [5.74, 6) is -0.157. The number of ether oxygens (including phenoxy) is 1. The molecule has 5 heteroatoms. The van der Waals surface area contributed by atoms with Crippen LogP contribution in [-0.2, 0) is 9.53 Å². The molecule has 0 aromatic heterocycles. The van der Waals surface area contributed by atoms with Crippen LogP contribution < -0.4 is 5.32 Å².